The predicted molar refractivity (Wildman–Crippen MR) is 67.1 cm³/mol. The van der Waals surface area contributed by atoms with Gasteiger partial charge in [-0.3, -0.25) is 9.59 Å². The Morgan fingerprint density at radius 3 is 2.33 bits per heavy atom. The van der Waals surface area contributed by atoms with Crippen molar-refractivity contribution < 1.29 is 19.4 Å². The smallest absolute Gasteiger partial charge is 0.306 e. The first-order valence-electron chi connectivity index (χ1n) is 5.74. The summed E-state index contributed by atoms with van der Waals surface area (Å²) in [7, 11) is 1.28. The van der Waals surface area contributed by atoms with Crippen LogP contribution in [0.3, 0.4) is 0 Å². The number of ether oxygens (including phenoxy) is 1. The molecule has 0 aliphatic heterocycles. The third-order valence-electron chi connectivity index (χ3n) is 3.19. The van der Waals surface area contributed by atoms with E-state index in [-0.39, 0.29) is 12.2 Å². The van der Waals surface area contributed by atoms with Crippen LogP contribution in [0.25, 0.3) is 0 Å². The Morgan fingerprint density at radius 1 is 1.33 bits per heavy atom. The van der Waals surface area contributed by atoms with Crippen molar-refractivity contribution in [2.75, 3.05) is 7.11 Å². The largest absolute Gasteiger partial charge is 0.469 e. The van der Waals surface area contributed by atoms with Gasteiger partial charge in [0.25, 0.3) is 0 Å². The van der Waals surface area contributed by atoms with Crippen molar-refractivity contribution in [3.05, 3.63) is 35.9 Å². The Bertz CT molecular complexity index is 423. The van der Waals surface area contributed by atoms with Gasteiger partial charge in [0, 0.05) is 5.92 Å². The molecule has 0 heterocycles. The van der Waals surface area contributed by atoms with Gasteiger partial charge in [-0.05, 0) is 19.4 Å². The number of carbonyl (C=O) groups is 2. The molecule has 2 unspecified atom stereocenters. The summed E-state index contributed by atoms with van der Waals surface area (Å²) in [6, 6.07) is 9.00. The summed E-state index contributed by atoms with van der Waals surface area (Å²) in [6.45, 7) is 2.74. The summed E-state index contributed by atoms with van der Waals surface area (Å²) in [5, 5.41) is 10.3. The molecule has 0 radical (unpaired) electrons. The van der Waals surface area contributed by atoms with Crippen LogP contribution < -0.4 is 0 Å². The number of Topliss-reactive ketones (excluding diaryl/α,β-unsaturated/α-hetero) is 1. The second kappa shape index (κ2) is 5.78. The highest BCUT2D eigenvalue weighted by Gasteiger charge is 2.38. The van der Waals surface area contributed by atoms with Crippen molar-refractivity contribution in [3.63, 3.8) is 0 Å². The molecule has 0 amide bonds. The summed E-state index contributed by atoms with van der Waals surface area (Å²) in [5.41, 5.74) is -0.849. The van der Waals surface area contributed by atoms with E-state index >= 15 is 0 Å². The molecule has 0 bridgehead atoms. The molecule has 1 rings (SSSR count). The molecule has 4 heteroatoms. The van der Waals surface area contributed by atoms with Crippen molar-refractivity contribution >= 4 is 11.8 Å². The number of esters is 1. The van der Waals surface area contributed by atoms with Gasteiger partial charge in [0.05, 0.1) is 13.5 Å². The average Bonchev–Trinajstić information content (AvgIpc) is 2.36. The summed E-state index contributed by atoms with van der Waals surface area (Å²) in [5.74, 6) is -1.44. The Hall–Kier alpha value is -1.68. The van der Waals surface area contributed by atoms with Crippen molar-refractivity contribution in [2.45, 2.75) is 31.8 Å². The Morgan fingerprint density at radius 2 is 1.89 bits per heavy atom. The first-order chi connectivity index (χ1) is 8.39. The van der Waals surface area contributed by atoms with Crippen molar-refractivity contribution in [1.29, 1.82) is 0 Å². The number of rotatable bonds is 5. The van der Waals surface area contributed by atoms with Gasteiger partial charge in [-0.2, -0.15) is 0 Å². The molecule has 18 heavy (non-hydrogen) atoms. The molecule has 0 saturated carbocycles. The third kappa shape index (κ3) is 3.17. The molecule has 1 aromatic carbocycles. The zero-order chi connectivity index (χ0) is 13.8. The molecule has 1 aromatic rings. The first-order valence-corrected chi connectivity index (χ1v) is 5.74. The van der Waals surface area contributed by atoms with Crippen molar-refractivity contribution in [2.24, 2.45) is 0 Å². The fraction of sp³-hybridized carbons (Fsp3) is 0.429. The molecule has 98 valence electrons. The SMILES string of the molecule is COC(=O)CC(c1ccccc1)C(C)(O)C(C)=O. The zero-order valence-electron chi connectivity index (χ0n) is 10.8. The normalized spacial score (nSPS) is 15.6. The number of ketones is 1. The number of aliphatic hydroxyl groups is 1. The standard InChI is InChI=1S/C14H18O4/c1-10(15)14(2,17)12(9-13(16)18-3)11-7-5-4-6-8-11/h4-8,12,17H,9H2,1-3H3. The number of hydrogen-bond donors (Lipinski definition) is 1. The summed E-state index contributed by atoms with van der Waals surface area (Å²) < 4.78 is 4.62. The average molecular weight is 250 g/mol. The second-order valence-corrected chi connectivity index (χ2v) is 4.45. The lowest BCUT2D eigenvalue weighted by Crippen LogP contribution is -2.41. The van der Waals surface area contributed by atoms with Gasteiger partial charge in [-0.1, -0.05) is 30.3 Å². The van der Waals surface area contributed by atoms with E-state index in [1.54, 1.807) is 24.3 Å². The molecule has 0 saturated heterocycles. The Kier molecular flexibility index (Phi) is 4.62. The highest BCUT2D eigenvalue weighted by atomic mass is 16.5. The molecule has 4 nitrogen and oxygen atoms in total. The lowest BCUT2D eigenvalue weighted by Gasteiger charge is -2.30. The quantitative estimate of drug-likeness (QED) is 0.807. The maximum absolute atomic E-state index is 11.5. The van der Waals surface area contributed by atoms with Crippen LogP contribution in [0.1, 0.15) is 31.7 Å². The minimum Gasteiger partial charge on any atom is -0.469 e. The highest BCUT2D eigenvalue weighted by molar-refractivity contribution is 5.86. The highest BCUT2D eigenvalue weighted by Crippen LogP contribution is 2.32. The molecule has 1 N–H and O–H groups in total. The van der Waals surface area contributed by atoms with Crippen LogP contribution >= 0.6 is 0 Å². The van der Waals surface area contributed by atoms with E-state index < -0.39 is 17.5 Å². The number of methoxy groups -OCH3 is 1. The van der Waals surface area contributed by atoms with E-state index in [1.165, 1.54) is 21.0 Å². The summed E-state index contributed by atoms with van der Waals surface area (Å²) >= 11 is 0. The molecule has 0 fully saturated rings. The fourth-order valence-corrected chi connectivity index (χ4v) is 1.82. The van der Waals surface area contributed by atoms with Gasteiger partial charge in [-0.15, -0.1) is 0 Å². The third-order valence-corrected chi connectivity index (χ3v) is 3.19. The van der Waals surface area contributed by atoms with E-state index in [1.807, 2.05) is 6.07 Å². The van der Waals surface area contributed by atoms with Crippen LogP contribution in [0.2, 0.25) is 0 Å². The Balaban J connectivity index is 3.11. The van der Waals surface area contributed by atoms with Gasteiger partial charge in [0.15, 0.2) is 5.78 Å². The van der Waals surface area contributed by atoms with Gasteiger partial charge in [0.2, 0.25) is 0 Å². The van der Waals surface area contributed by atoms with Gasteiger partial charge >= 0.3 is 5.97 Å². The monoisotopic (exact) mass is 250 g/mol. The fourth-order valence-electron chi connectivity index (χ4n) is 1.82. The first kappa shape index (κ1) is 14.4. The molecule has 0 aliphatic rings. The predicted octanol–water partition coefficient (Wildman–Crippen LogP) is 1.67. The van der Waals surface area contributed by atoms with E-state index in [0.29, 0.717) is 0 Å². The lowest BCUT2D eigenvalue weighted by molar-refractivity contribution is -0.145. The molecular weight excluding hydrogens is 232 g/mol. The van der Waals surface area contributed by atoms with Crippen LogP contribution in [-0.4, -0.2) is 29.6 Å². The van der Waals surface area contributed by atoms with E-state index in [0.717, 1.165) is 5.56 Å². The lowest BCUT2D eigenvalue weighted by atomic mass is 9.79. The van der Waals surface area contributed by atoms with Crippen LogP contribution in [-0.2, 0) is 14.3 Å². The summed E-state index contributed by atoms with van der Waals surface area (Å²) in [4.78, 5) is 23.0. The van der Waals surface area contributed by atoms with Crippen molar-refractivity contribution in [1.82, 2.24) is 0 Å². The minimum absolute atomic E-state index is 0.0346. The van der Waals surface area contributed by atoms with Gasteiger partial charge in [-0.25, -0.2) is 0 Å². The van der Waals surface area contributed by atoms with E-state index in [2.05, 4.69) is 4.74 Å². The molecule has 0 aliphatic carbocycles. The van der Waals surface area contributed by atoms with Crippen molar-refractivity contribution in [3.8, 4) is 0 Å². The van der Waals surface area contributed by atoms with Crippen LogP contribution in [0.5, 0.6) is 0 Å². The molecule has 2 atom stereocenters. The van der Waals surface area contributed by atoms with Gasteiger partial charge in [0.1, 0.15) is 5.60 Å². The zero-order valence-corrected chi connectivity index (χ0v) is 10.8. The number of benzene rings is 1. The van der Waals surface area contributed by atoms with E-state index in [4.69, 9.17) is 0 Å². The van der Waals surface area contributed by atoms with Crippen LogP contribution in [0.15, 0.2) is 30.3 Å². The molecule has 0 aromatic heterocycles. The Labute approximate surface area is 107 Å². The maximum Gasteiger partial charge on any atom is 0.306 e. The number of hydrogen-bond acceptors (Lipinski definition) is 4. The molecular formula is C14H18O4. The minimum atomic E-state index is -1.59. The second-order valence-electron chi connectivity index (χ2n) is 4.45. The maximum atomic E-state index is 11.5. The summed E-state index contributed by atoms with van der Waals surface area (Å²) in [6.07, 6.45) is -0.0346. The van der Waals surface area contributed by atoms with E-state index in [9.17, 15) is 14.7 Å². The van der Waals surface area contributed by atoms with Crippen LogP contribution in [0, 0.1) is 0 Å². The van der Waals surface area contributed by atoms with Crippen LogP contribution in [0.4, 0.5) is 0 Å². The van der Waals surface area contributed by atoms with Gasteiger partial charge < -0.3 is 9.84 Å². The topological polar surface area (TPSA) is 63.6 Å². The number of carbonyl (C=O) groups excluding carboxylic acids is 2. The molecule has 0 spiro atoms.